The lowest BCUT2D eigenvalue weighted by molar-refractivity contribution is -0.143. The van der Waals surface area contributed by atoms with E-state index in [9.17, 15) is 26.4 Å². The largest absolute Gasteiger partial charge is 0.433 e. The second-order valence-electron chi connectivity index (χ2n) is 5.60. The standard InChI is InChI=1S/C14H14F3N3O3S2/c1-19-12(14(15,16)17)8-9(18-19)10-4-5-11(24-10)13(21)20-6-2-3-7-25(20,22)23/h4-5,8H,2-3,6-7H2,1H3. The van der Waals surface area contributed by atoms with Gasteiger partial charge in [-0.05, 0) is 31.0 Å². The van der Waals surface area contributed by atoms with Gasteiger partial charge in [0, 0.05) is 13.6 Å². The van der Waals surface area contributed by atoms with Gasteiger partial charge in [0.25, 0.3) is 5.91 Å². The smallest absolute Gasteiger partial charge is 0.267 e. The van der Waals surface area contributed by atoms with Crippen molar-refractivity contribution in [2.24, 2.45) is 7.05 Å². The summed E-state index contributed by atoms with van der Waals surface area (Å²) in [4.78, 5) is 13.0. The first kappa shape index (κ1) is 17.9. The maximum atomic E-state index is 12.9. The number of hydrogen-bond acceptors (Lipinski definition) is 5. The monoisotopic (exact) mass is 393 g/mol. The van der Waals surface area contributed by atoms with Crippen molar-refractivity contribution in [3.63, 3.8) is 0 Å². The van der Waals surface area contributed by atoms with Crippen molar-refractivity contribution < 1.29 is 26.4 Å². The van der Waals surface area contributed by atoms with Crippen molar-refractivity contribution in [3.8, 4) is 10.6 Å². The second kappa shape index (κ2) is 6.13. The summed E-state index contributed by atoms with van der Waals surface area (Å²) in [5.74, 6) is -0.727. The maximum absolute atomic E-state index is 12.9. The lowest BCUT2D eigenvalue weighted by Gasteiger charge is -2.25. The SMILES string of the molecule is Cn1nc(-c2ccc(C(=O)N3CCCCS3(=O)=O)s2)cc1C(F)(F)F. The molecule has 0 aromatic carbocycles. The minimum Gasteiger partial charge on any atom is -0.267 e. The number of hydrogen-bond donors (Lipinski definition) is 0. The molecule has 1 fully saturated rings. The molecule has 3 heterocycles. The van der Waals surface area contributed by atoms with Crippen molar-refractivity contribution in [1.82, 2.24) is 14.1 Å². The lowest BCUT2D eigenvalue weighted by Crippen LogP contribution is -2.41. The van der Waals surface area contributed by atoms with Crippen molar-refractivity contribution >= 4 is 27.3 Å². The number of halogens is 3. The van der Waals surface area contributed by atoms with E-state index >= 15 is 0 Å². The number of carbonyl (C=O) groups is 1. The molecular weight excluding hydrogens is 379 g/mol. The third-order valence-corrected chi connectivity index (χ3v) is 6.74. The van der Waals surface area contributed by atoms with Gasteiger partial charge in [0.05, 0.1) is 15.5 Å². The number of amides is 1. The summed E-state index contributed by atoms with van der Waals surface area (Å²) >= 11 is 0.922. The molecule has 2 aromatic rings. The van der Waals surface area contributed by atoms with Crippen LogP contribution in [0.3, 0.4) is 0 Å². The van der Waals surface area contributed by atoms with Crippen LogP contribution in [-0.4, -0.2) is 40.7 Å². The van der Waals surface area contributed by atoms with Gasteiger partial charge in [0.15, 0.2) is 0 Å². The normalized spacial score (nSPS) is 17.7. The number of alkyl halides is 3. The van der Waals surface area contributed by atoms with Crippen LogP contribution in [0.4, 0.5) is 13.2 Å². The molecule has 0 N–H and O–H groups in total. The molecule has 3 rings (SSSR count). The van der Waals surface area contributed by atoms with Gasteiger partial charge in [-0.15, -0.1) is 11.3 Å². The van der Waals surface area contributed by atoms with E-state index in [-0.39, 0.29) is 22.9 Å². The molecule has 1 aliphatic heterocycles. The van der Waals surface area contributed by atoms with Gasteiger partial charge >= 0.3 is 6.18 Å². The minimum absolute atomic E-state index is 0.0772. The van der Waals surface area contributed by atoms with E-state index in [1.165, 1.54) is 19.2 Å². The van der Waals surface area contributed by atoms with Crippen molar-refractivity contribution in [2.75, 3.05) is 12.3 Å². The van der Waals surface area contributed by atoms with Gasteiger partial charge in [0.1, 0.15) is 11.4 Å². The van der Waals surface area contributed by atoms with Crippen molar-refractivity contribution in [2.45, 2.75) is 19.0 Å². The zero-order chi connectivity index (χ0) is 18.4. The number of carbonyl (C=O) groups excluding carboxylic acids is 1. The van der Waals surface area contributed by atoms with Crippen LogP contribution in [0.25, 0.3) is 10.6 Å². The molecule has 0 unspecified atom stereocenters. The molecule has 0 aliphatic carbocycles. The van der Waals surface area contributed by atoms with E-state index in [1.807, 2.05) is 0 Å². The van der Waals surface area contributed by atoms with Crippen LogP contribution in [0, 0.1) is 0 Å². The minimum atomic E-state index is -4.53. The summed E-state index contributed by atoms with van der Waals surface area (Å²) in [5.41, 5.74) is -0.817. The van der Waals surface area contributed by atoms with E-state index < -0.39 is 27.8 Å². The molecule has 136 valence electrons. The number of sulfonamides is 1. The summed E-state index contributed by atoms with van der Waals surface area (Å²) in [6, 6.07) is 3.78. The van der Waals surface area contributed by atoms with Crippen molar-refractivity contribution in [1.29, 1.82) is 0 Å². The summed E-state index contributed by atoms with van der Waals surface area (Å²) in [5, 5.41) is 3.83. The average molecular weight is 393 g/mol. The van der Waals surface area contributed by atoms with E-state index in [0.717, 1.165) is 26.4 Å². The Morgan fingerprint density at radius 2 is 2.00 bits per heavy atom. The molecule has 0 saturated carbocycles. The van der Waals surface area contributed by atoms with Crippen LogP contribution in [0.2, 0.25) is 0 Å². The predicted molar refractivity (Wildman–Crippen MR) is 85.6 cm³/mol. The molecule has 0 bridgehead atoms. The highest BCUT2D eigenvalue weighted by Crippen LogP contribution is 2.34. The molecule has 1 amide bonds. The van der Waals surface area contributed by atoms with Gasteiger partial charge in [-0.2, -0.15) is 18.3 Å². The van der Waals surface area contributed by atoms with Crippen LogP contribution < -0.4 is 0 Å². The Kier molecular flexibility index (Phi) is 4.40. The molecule has 0 radical (unpaired) electrons. The number of aryl methyl sites for hydroxylation is 1. The Morgan fingerprint density at radius 1 is 1.28 bits per heavy atom. The van der Waals surface area contributed by atoms with E-state index in [0.29, 0.717) is 17.7 Å². The van der Waals surface area contributed by atoms with E-state index in [2.05, 4.69) is 5.10 Å². The Balaban J connectivity index is 1.89. The molecule has 25 heavy (non-hydrogen) atoms. The topological polar surface area (TPSA) is 72.3 Å². The molecule has 0 spiro atoms. The van der Waals surface area contributed by atoms with Crippen LogP contribution in [0.15, 0.2) is 18.2 Å². The maximum Gasteiger partial charge on any atom is 0.433 e. The average Bonchev–Trinajstić information content (AvgIpc) is 3.12. The Bertz CT molecular complexity index is 915. The fourth-order valence-corrected chi connectivity index (χ4v) is 5.10. The fourth-order valence-electron chi connectivity index (χ4n) is 2.58. The first-order valence-electron chi connectivity index (χ1n) is 7.36. The highest BCUT2D eigenvalue weighted by molar-refractivity contribution is 7.89. The number of thiophene rings is 1. The second-order valence-corrected chi connectivity index (χ2v) is 8.70. The Morgan fingerprint density at radius 3 is 2.60 bits per heavy atom. The van der Waals surface area contributed by atoms with Crippen LogP contribution in [-0.2, 0) is 23.2 Å². The van der Waals surface area contributed by atoms with Gasteiger partial charge in [0.2, 0.25) is 10.0 Å². The third kappa shape index (κ3) is 3.43. The van der Waals surface area contributed by atoms with Gasteiger partial charge in [-0.3, -0.25) is 9.48 Å². The molecule has 11 heteroatoms. The van der Waals surface area contributed by atoms with Gasteiger partial charge in [-0.25, -0.2) is 12.7 Å². The molecule has 0 atom stereocenters. The predicted octanol–water partition coefficient (Wildman–Crippen LogP) is 2.73. The Hall–Kier alpha value is -1.88. The van der Waals surface area contributed by atoms with Gasteiger partial charge < -0.3 is 0 Å². The lowest BCUT2D eigenvalue weighted by atomic mass is 10.3. The van der Waals surface area contributed by atoms with E-state index in [1.54, 1.807) is 0 Å². The van der Waals surface area contributed by atoms with E-state index in [4.69, 9.17) is 0 Å². The molecule has 1 aliphatic rings. The van der Waals surface area contributed by atoms with Crippen LogP contribution >= 0.6 is 11.3 Å². The Labute approximate surface area is 145 Å². The zero-order valence-electron chi connectivity index (χ0n) is 13.1. The number of rotatable bonds is 2. The first-order chi connectivity index (χ1) is 11.6. The summed E-state index contributed by atoms with van der Waals surface area (Å²) < 4.78 is 64.1. The quantitative estimate of drug-likeness (QED) is 0.787. The highest BCUT2D eigenvalue weighted by Gasteiger charge is 2.35. The highest BCUT2D eigenvalue weighted by atomic mass is 32.2. The molecule has 1 saturated heterocycles. The summed E-state index contributed by atoms with van der Waals surface area (Å²) in [7, 11) is -2.44. The summed E-state index contributed by atoms with van der Waals surface area (Å²) in [6.07, 6.45) is -3.42. The van der Waals surface area contributed by atoms with Crippen LogP contribution in [0.1, 0.15) is 28.2 Å². The molecular formula is C14H14F3N3O3S2. The number of aromatic nitrogens is 2. The first-order valence-corrected chi connectivity index (χ1v) is 9.78. The molecule has 6 nitrogen and oxygen atoms in total. The summed E-state index contributed by atoms with van der Waals surface area (Å²) in [6.45, 7) is 0.121. The number of nitrogens with zero attached hydrogens (tertiary/aromatic N) is 3. The fraction of sp³-hybridized carbons (Fsp3) is 0.429. The van der Waals surface area contributed by atoms with Crippen molar-refractivity contribution in [3.05, 3.63) is 28.8 Å². The zero-order valence-corrected chi connectivity index (χ0v) is 14.7. The molecule has 2 aromatic heterocycles. The van der Waals surface area contributed by atoms with Gasteiger partial charge in [-0.1, -0.05) is 0 Å². The van der Waals surface area contributed by atoms with Crippen LogP contribution in [0.5, 0.6) is 0 Å². The third-order valence-electron chi connectivity index (χ3n) is 3.82.